The van der Waals surface area contributed by atoms with Gasteiger partial charge in [0.2, 0.25) is 0 Å². The minimum Gasteiger partial charge on any atom is -0.487 e. The molecular formula is C15H23NO2. The van der Waals surface area contributed by atoms with Gasteiger partial charge in [0.25, 0.3) is 0 Å². The zero-order chi connectivity index (χ0) is 13.3. The molecule has 0 saturated carbocycles. The molecule has 1 heterocycles. The molecule has 0 spiro atoms. The average Bonchev–Trinajstić information content (AvgIpc) is 2.59. The Morgan fingerprint density at radius 3 is 2.78 bits per heavy atom. The van der Waals surface area contributed by atoms with Crippen LogP contribution in [0.25, 0.3) is 0 Å². The van der Waals surface area contributed by atoms with E-state index in [0.717, 1.165) is 17.7 Å². The Hall–Kier alpha value is -1.06. The molecule has 3 heteroatoms. The molecule has 0 saturated heterocycles. The summed E-state index contributed by atoms with van der Waals surface area (Å²) in [5.41, 5.74) is 1.93. The third-order valence-corrected chi connectivity index (χ3v) is 3.20. The Morgan fingerprint density at radius 1 is 1.39 bits per heavy atom. The van der Waals surface area contributed by atoms with E-state index in [1.165, 1.54) is 5.56 Å². The van der Waals surface area contributed by atoms with Crippen LogP contribution in [0.1, 0.15) is 44.9 Å². The van der Waals surface area contributed by atoms with Crippen LogP contribution >= 0.6 is 0 Å². The van der Waals surface area contributed by atoms with Gasteiger partial charge in [-0.25, -0.2) is 0 Å². The van der Waals surface area contributed by atoms with Crippen LogP contribution in [0.2, 0.25) is 0 Å². The number of fused-ring (bicyclic) bond motifs is 1. The molecule has 0 amide bonds. The topological polar surface area (TPSA) is 41.5 Å². The van der Waals surface area contributed by atoms with E-state index < -0.39 is 6.10 Å². The fraction of sp³-hybridized carbons (Fsp3) is 0.600. The van der Waals surface area contributed by atoms with Crippen molar-refractivity contribution in [1.29, 1.82) is 0 Å². The number of aliphatic hydroxyl groups excluding tert-OH is 1. The second-order valence-electron chi connectivity index (χ2n) is 5.95. The molecule has 1 aliphatic heterocycles. The Labute approximate surface area is 109 Å². The van der Waals surface area contributed by atoms with Gasteiger partial charge in [0, 0.05) is 24.6 Å². The predicted octanol–water partition coefficient (Wildman–Crippen LogP) is 2.43. The van der Waals surface area contributed by atoms with Gasteiger partial charge < -0.3 is 15.2 Å². The van der Waals surface area contributed by atoms with Gasteiger partial charge in [-0.1, -0.05) is 32.0 Å². The van der Waals surface area contributed by atoms with Crippen LogP contribution in [-0.4, -0.2) is 23.3 Å². The predicted molar refractivity (Wildman–Crippen MR) is 73.0 cm³/mol. The van der Waals surface area contributed by atoms with E-state index in [1.54, 1.807) is 0 Å². The highest BCUT2D eigenvalue weighted by Gasteiger charge is 2.32. The maximum atomic E-state index is 10.3. The molecule has 18 heavy (non-hydrogen) atoms. The quantitative estimate of drug-likeness (QED) is 0.861. The molecule has 1 unspecified atom stereocenters. The first-order chi connectivity index (χ1) is 8.39. The molecule has 0 aromatic heterocycles. The van der Waals surface area contributed by atoms with Crippen molar-refractivity contribution in [3.05, 3.63) is 29.3 Å². The fourth-order valence-corrected chi connectivity index (χ4v) is 2.36. The van der Waals surface area contributed by atoms with Gasteiger partial charge >= 0.3 is 0 Å². The number of hydrogen-bond donors (Lipinski definition) is 2. The Bertz CT molecular complexity index is 427. The molecule has 100 valence electrons. The minimum atomic E-state index is -0.517. The van der Waals surface area contributed by atoms with E-state index in [2.05, 4.69) is 39.1 Å². The number of ether oxygens (including phenoxy) is 1. The van der Waals surface area contributed by atoms with Crippen molar-refractivity contribution in [3.8, 4) is 5.75 Å². The van der Waals surface area contributed by atoms with E-state index in [9.17, 15) is 5.11 Å². The highest BCUT2D eigenvalue weighted by atomic mass is 16.5. The zero-order valence-electron chi connectivity index (χ0n) is 11.7. The molecule has 0 bridgehead atoms. The van der Waals surface area contributed by atoms with Gasteiger partial charge in [-0.3, -0.25) is 0 Å². The molecule has 0 fully saturated rings. The van der Waals surface area contributed by atoms with Gasteiger partial charge in [0.05, 0.1) is 6.10 Å². The van der Waals surface area contributed by atoms with Gasteiger partial charge in [-0.05, 0) is 19.4 Å². The van der Waals surface area contributed by atoms with Gasteiger partial charge in [-0.15, -0.1) is 0 Å². The van der Waals surface area contributed by atoms with Crippen molar-refractivity contribution in [2.45, 2.75) is 51.9 Å². The molecular weight excluding hydrogens is 226 g/mol. The molecule has 2 rings (SSSR count). The van der Waals surface area contributed by atoms with Gasteiger partial charge in [0.1, 0.15) is 11.4 Å². The molecule has 1 aromatic rings. The summed E-state index contributed by atoms with van der Waals surface area (Å²) in [7, 11) is 0. The van der Waals surface area contributed by atoms with Crippen molar-refractivity contribution >= 4 is 0 Å². The molecule has 1 atom stereocenters. The first-order valence-electron chi connectivity index (χ1n) is 6.61. The number of para-hydroxylation sites is 1. The van der Waals surface area contributed by atoms with E-state index in [0.29, 0.717) is 12.6 Å². The van der Waals surface area contributed by atoms with Crippen molar-refractivity contribution < 1.29 is 9.84 Å². The fourth-order valence-electron chi connectivity index (χ4n) is 2.36. The summed E-state index contributed by atoms with van der Waals surface area (Å²) in [4.78, 5) is 0. The number of hydrogen-bond acceptors (Lipinski definition) is 3. The van der Waals surface area contributed by atoms with Crippen LogP contribution in [0.5, 0.6) is 5.75 Å². The Kier molecular flexibility index (Phi) is 3.64. The van der Waals surface area contributed by atoms with Crippen LogP contribution in [0.4, 0.5) is 0 Å². The Morgan fingerprint density at radius 2 is 2.11 bits per heavy atom. The van der Waals surface area contributed by atoms with Crippen molar-refractivity contribution in [3.63, 3.8) is 0 Å². The summed E-state index contributed by atoms with van der Waals surface area (Å²) in [5.74, 6) is 0.876. The van der Waals surface area contributed by atoms with Gasteiger partial charge in [0.15, 0.2) is 0 Å². The summed E-state index contributed by atoms with van der Waals surface area (Å²) < 4.78 is 5.97. The highest BCUT2D eigenvalue weighted by Crippen LogP contribution is 2.39. The lowest BCUT2D eigenvalue weighted by atomic mass is 9.99. The molecule has 1 aromatic carbocycles. The largest absolute Gasteiger partial charge is 0.487 e. The summed E-state index contributed by atoms with van der Waals surface area (Å²) in [6.07, 6.45) is 0.386. The summed E-state index contributed by atoms with van der Waals surface area (Å²) in [6.45, 7) is 8.85. The van der Waals surface area contributed by atoms with E-state index in [4.69, 9.17) is 4.74 Å². The Balaban J connectivity index is 2.18. The lowest BCUT2D eigenvalue weighted by Crippen LogP contribution is -2.28. The first kappa shape index (κ1) is 13.4. The third kappa shape index (κ3) is 2.85. The second-order valence-corrected chi connectivity index (χ2v) is 5.95. The number of aliphatic hydroxyl groups is 1. The van der Waals surface area contributed by atoms with Crippen LogP contribution in [0.3, 0.4) is 0 Å². The maximum Gasteiger partial charge on any atom is 0.129 e. The normalized spacial score (nSPS) is 18.6. The SMILES string of the molecule is CC(C)NCC(O)c1cccc2c1OC(C)(C)C2. The third-order valence-electron chi connectivity index (χ3n) is 3.20. The molecule has 0 aliphatic carbocycles. The number of nitrogens with one attached hydrogen (secondary N) is 1. The zero-order valence-corrected chi connectivity index (χ0v) is 11.7. The standard InChI is InChI=1S/C15H23NO2/c1-10(2)16-9-13(17)12-7-5-6-11-8-15(3,4)18-14(11)12/h5-7,10,13,16-17H,8-9H2,1-4H3. The summed E-state index contributed by atoms with van der Waals surface area (Å²) in [6, 6.07) is 6.40. The monoisotopic (exact) mass is 249 g/mol. The molecule has 1 aliphatic rings. The van der Waals surface area contributed by atoms with Crippen molar-refractivity contribution in [2.24, 2.45) is 0 Å². The van der Waals surface area contributed by atoms with Crippen LogP contribution < -0.4 is 10.1 Å². The summed E-state index contributed by atoms with van der Waals surface area (Å²) in [5, 5.41) is 13.5. The molecule has 0 radical (unpaired) electrons. The second kappa shape index (κ2) is 4.90. The first-order valence-corrected chi connectivity index (χ1v) is 6.61. The lowest BCUT2D eigenvalue weighted by molar-refractivity contribution is 0.125. The highest BCUT2D eigenvalue weighted by molar-refractivity contribution is 5.46. The maximum absolute atomic E-state index is 10.3. The van der Waals surface area contributed by atoms with Crippen LogP contribution in [-0.2, 0) is 6.42 Å². The lowest BCUT2D eigenvalue weighted by Gasteiger charge is -2.20. The summed E-state index contributed by atoms with van der Waals surface area (Å²) >= 11 is 0. The van der Waals surface area contributed by atoms with E-state index in [-0.39, 0.29) is 5.60 Å². The average molecular weight is 249 g/mol. The molecule has 2 N–H and O–H groups in total. The van der Waals surface area contributed by atoms with Crippen molar-refractivity contribution in [2.75, 3.05) is 6.54 Å². The van der Waals surface area contributed by atoms with Crippen LogP contribution in [0.15, 0.2) is 18.2 Å². The van der Waals surface area contributed by atoms with Gasteiger partial charge in [-0.2, -0.15) is 0 Å². The van der Waals surface area contributed by atoms with Crippen LogP contribution in [0, 0.1) is 0 Å². The smallest absolute Gasteiger partial charge is 0.129 e. The van der Waals surface area contributed by atoms with Crippen molar-refractivity contribution in [1.82, 2.24) is 5.32 Å². The van der Waals surface area contributed by atoms with E-state index in [1.807, 2.05) is 12.1 Å². The van der Waals surface area contributed by atoms with E-state index >= 15 is 0 Å². The molecule has 3 nitrogen and oxygen atoms in total. The number of rotatable bonds is 4. The number of benzene rings is 1. The minimum absolute atomic E-state index is 0.163.